The van der Waals surface area contributed by atoms with Gasteiger partial charge in [-0.3, -0.25) is 0 Å². The molecule has 0 atom stereocenters. The average molecular weight is 1190 g/mol. The summed E-state index contributed by atoms with van der Waals surface area (Å²) in [6, 6.07) is 101. The monoisotopic (exact) mass is 1190 g/mol. The van der Waals surface area contributed by atoms with Crippen LogP contribution < -0.4 is 0 Å². The third kappa shape index (κ3) is 9.74. The van der Waals surface area contributed by atoms with Crippen LogP contribution in [0.5, 0.6) is 0 Å². The summed E-state index contributed by atoms with van der Waals surface area (Å²) in [5.74, 6) is 1.97. The van der Waals surface area contributed by atoms with Gasteiger partial charge < -0.3 is 0 Å². The lowest BCUT2D eigenvalue weighted by Crippen LogP contribution is -2.43. The van der Waals surface area contributed by atoms with E-state index in [1.165, 1.54) is 72.3 Å². The minimum atomic E-state index is -0.135. The fourth-order valence-electron chi connectivity index (χ4n) is 14.3. The van der Waals surface area contributed by atoms with E-state index in [9.17, 15) is 0 Å². The second-order valence-electron chi connectivity index (χ2n) is 26.8. The SMILES string of the molecule is CC1(C)c2cc(-c3ccccc3)ccc2-c2c(-c3cc(-c4nc(-c5ccccc5)nc(-c5ccccc5)n4)c4ccccc4c3)cccc2C1(C)C.CC1(C)c2cc(-c3ccccc3)ccc2-c2c(-c3nc4ccccc4nc3-c3ccccc3)cccc2C1(C)C. The van der Waals surface area contributed by atoms with Gasteiger partial charge in [0.15, 0.2) is 17.5 Å². The standard InChI is InChI=1S/C49H39N3.C38H32N2/c1-48(2)42-26-16-25-39(44(42)40-28-27-35(31-43(40)49(48,3)4)32-17-8-5-9-18-32)37-29-36-23-14-15-24-38(36)41(30-37)47-51-45(33-19-10-6-11-20-33)50-46(52-47)34-21-12-7-13-22-34;1-37(2)30-19-13-18-29(36-35(26-16-9-6-10-17-26)39-32-20-11-12-21-33(32)40-36)34(30)28-23-22-27(24-31(28)38(37,3)4)25-14-7-5-8-15-25/h5-31H,1-4H3;5-24H,1-4H3. The number of hydrogen-bond donors (Lipinski definition) is 0. The quantitative estimate of drug-likeness (QED) is 0.152. The predicted molar refractivity (Wildman–Crippen MR) is 383 cm³/mol. The Bertz CT molecular complexity index is 5070. The first-order valence-electron chi connectivity index (χ1n) is 32.1. The molecule has 0 N–H and O–H groups in total. The van der Waals surface area contributed by atoms with Crippen LogP contribution in [0.2, 0.25) is 0 Å². The molecule has 0 bridgehead atoms. The van der Waals surface area contributed by atoms with Crippen molar-refractivity contribution in [2.45, 2.75) is 77.0 Å². The molecule has 444 valence electrons. The minimum Gasteiger partial charge on any atom is -0.244 e. The number of benzene rings is 12. The van der Waals surface area contributed by atoms with Crippen molar-refractivity contribution >= 4 is 21.8 Å². The highest BCUT2D eigenvalue weighted by Gasteiger charge is 2.48. The summed E-state index contributed by atoms with van der Waals surface area (Å²) in [6.45, 7) is 19.2. The second kappa shape index (κ2) is 22.6. The van der Waals surface area contributed by atoms with E-state index in [2.05, 4.69) is 280 Å². The van der Waals surface area contributed by atoms with E-state index in [0.29, 0.717) is 17.5 Å². The Labute approximate surface area is 540 Å². The molecule has 2 aliphatic rings. The summed E-state index contributed by atoms with van der Waals surface area (Å²) in [4.78, 5) is 25.8. The Balaban J connectivity index is 0.000000158. The zero-order valence-electron chi connectivity index (χ0n) is 53.4. The molecule has 5 heteroatoms. The minimum absolute atomic E-state index is 0.0872. The van der Waals surface area contributed by atoms with Gasteiger partial charge in [0.25, 0.3) is 0 Å². The van der Waals surface area contributed by atoms with Crippen molar-refractivity contribution in [1.82, 2.24) is 24.9 Å². The summed E-state index contributed by atoms with van der Waals surface area (Å²) in [6.07, 6.45) is 0. The lowest BCUT2D eigenvalue weighted by atomic mass is 9.54. The van der Waals surface area contributed by atoms with Crippen LogP contribution in [0.3, 0.4) is 0 Å². The van der Waals surface area contributed by atoms with Gasteiger partial charge >= 0.3 is 0 Å². The van der Waals surface area contributed by atoms with Gasteiger partial charge in [-0.1, -0.05) is 304 Å². The summed E-state index contributed by atoms with van der Waals surface area (Å²) in [5.41, 5.74) is 26.2. The summed E-state index contributed by atoms with van der Waals surface area (Å²) in [5, 5.41) is 2.25. The van der Waals surface area contributed by atoms with Gasteiger partial charge in [0, 0.05) is 27.8 Å². The first-order valence-corrected chi connectivity index (χ1v) is 32.1. The van der Waals surface area contributed by atoms with E-state index in [1.807, 2.05) is 60.7 Å². The van der Waals surface area contributed by atoms with Crippen LogP contribution in [0.4, 0.5) is 0 Å². The van der Waals surface area contributed by atoms with Gasteiger partial charge in [0.2, 0.25) is 0 Å². The fraction of sp³-hybridized carbons (Fsp3) is 0.138. The molecule has 0 unspecified atom stereocenters. The Morgan fingerprint density at radius 2 is 0.609 bits per heavy atom. The molecule has 14 aromatic rings. The van der Waals surface area contributed by atoms with E-state index in [4.69, 9.17) is 24.9 Å². The third-order valence-corrected chi connectivity index (χ3v) is 20.7. The number of aromatic nitrogens is 5. The van der Waals surface area contributed by atoms with Gasteiger partial charge in [0.05, 0.1) is 22.4 Å². The van der Waals surface area contributed by atoms with Crippen LogP contribution in [0, 0.1) is 0 Å². The molecular formula is C87H71N5. The van der Waals surface area contributed by atoms with E-state index in [0.717, 1.165) is 66.6 Å². The number of nitrogens with zero attached hydrogens (tertiary/aromatic N) is 5. The molecular weight excluding hydrogens is 1110 g/mol. The Morgan fingerprint density at radius 1 is 0.217 bits per heavy atom. The second-order valence-corrected chi connectivity index (χ2v) is 26.8. The molecule has 92 heavy (non-hydrogen) atoms. The molecule has 0 spiro atoms. The third-order valence-electron chi connectivity index (χ3n) is 20.7. The maximum Gasteiger partial charge on any atom is 0.164 e. The van der Waals surface area contributed by atoms with Crippen molar-refractivity contribution in [2.24, 2.45) is 0 Å². The van der Waals surface area contributed by atoms with Crippen molar-refractivity contribution in [1.29, 1.82) is 0 Å². The van der Waals surface area contributed by atoms with E-state index >= 15 is 0 Å². The maximum atomic E-state index is 5.29. The van der Waals surface area contributed by atoms with Crippen LogP contribution in [-0.4, -0.2) is 24.9 Å². The lowest BCUT2D eigenvalue weighted by molar-refractivity contribution is 0.299. The summed E-state index contributed by atoms with van der Waals surface area (Å²) < 4.78 is 0. The molecule has 0 aliphatic heterocycles. The highest BCUT2D eigenvalue weighted by Crippen LogP contribution is 2.59. The molecule has 0 saturated carbocycles. The molecule has 16 rings (SSSR count). The van der Waals surface area contributed by atoms with Crippen molar-refractivity contribution in [3.05, 3.63) is 307 Å². The first kappa shape index (κ1) is 57.7. The number of rotatable bonds is 8. The van der Waals surface area contributed by atoms with Crippen molar-refractivity contribution in [2.75, 3.05) is 0 Å². The molecule has 0 amide bonds. The van der Waals surface area contributed by atoms with Crippen molar-refractivity contribution < 1.29 is 0 Å². The van der Waals surface area contributed by atoms with Gasteiger partial charge in [0.1, 0.15) is 0 Å². The van der Waals surface area contributed by atoms with E-state index < -0.39 is 0 Å². The molecule has 12 aromatic carbocycles. The fourth-order valence-corrected chi connectivity index (χ4v) is 14.3. The Morgan fingerprint density at radius 3 is 1.11 bits per heavy atom. The maximum absolute atomic E-state index is 5.29. The van der Waals surface area contributed by atoms with E-state index in [1.54, 1.807) is 0 Å². The van der Waals surface area contributed by atoms with Crippen LogP contribution in [-0.2, 0) is 21.7 Å². The largest absolute Gasteiger partial charge is 0.244 e. The number of para-hydroxylation sites is 2. The zero-order chi connectivity index (χ0) is 62.9. The average Bonchev–Trinajstić information content (AvgIpc) is 0.722. The highest BCUT2D eigenvalue weighted by molar-refractivity contribution is 6.02. The topological polar surface area (TPSA) is 64.5 Å². The van der Waals surface area contributed by atoms with Crippen LogP contribution in [0.15, 0.2) is 285 Å². The number of fused-ring (bicyclic) bond motifs is 8. The molecule has 5 nitrogen and oxygen atoms in total. The summed E-state index contributed by atoms with van der Waals surface area (Å²) >= 11 is 0. The molecule has 0 radical (unpaired) electrons. The van der Waals surface area contributed by atoms with Gasteiger partial charge in [-0.05, 0) is 147 Å². The molecule has 2 aliphatic carbocycles. The van der Waals surface area contributed by atoms with Crippen LogP contribution in [0.25, 0.3) is 134 Å². The zero-order valence-corrected chi connectivity index (χ0v) is 53.4. The normalized spacial score (nSPS) is 14.4. The predicted octanol–water partition coefficient (Wildman–Crippen LogP) is 22.5. The Kier molecular flexibility index (Phi) is 14.2. The van der Waals surface area contributed by atoms with Crippen LogP contribution >= 0.6 is 0 Å². The smallest absolute Gasteiger partial charge is 0.164 e. The summed E-state index contributed by atoms with van der Waals surface area (Å²) in [7, 11) is 0. The van der Waals surface area contributed by atoms with Gasteiger partial charge in [-0.15, -0.1) is 0 Å². The van der Waals surface area contributed by atoms with E-state index in [-0.39, 0.29) is 21.7 Å². The molecule has 0 saturated heterocycles. The van der Waals surface area contributed by atoms with Crippen molar-refractivity contribution in [3.63, 3.8) is 0 Å². The Hall–Kier alpha value is -10.8. The first-order chi connectivity index (χ1) is 44.7. The number of hydrogen-bond acceptors (Lipinski definition) is 5. The van der Waals surface area contributed by atoms with Crippen molar-refractivity contribution in [3.8, 4) is 112 Å². The lowest BCUT2D eigenvalue weighted by Gasteiger charge is -2.49. The van der Waals surface area contributed by atoms with Gasteiger partial charge in [-0.2, -0.15) is 0 Å². The van der Waals surface area contributed by atoms with Crippen LogP contribution in [0.1, 0.15) is 77.6 Å². The molecule has 2 heterocycles. The molecule has 0 fully saturated rings. The molecule has 2 aromatic heterocycles. The highest BCUT2D eigenvalue weighted by atomic mass is 15.0. The van der Waals surface area contributed by atoms with Gasteiger partial charge in [-0.25, -0.2) is 24.9 Å².